The van der Waals surface area contributed by atoms with Crippen molar-refractivity contribution in [3.8, 4) is 0 Å². The van der Waals surface area contributed by atoms with Crippen LogP contribution >= 0.6 is 0 Å². The van der Waals surface area contributed by atoms with Crippen LogP contribution in [0.5, 0.6) is 0 Å². The lowest BCUT2D eigenvalue weighted by Crippen LogP contribution is -2.27. The van der Waals surface area contributed by atoms with Crippen LogP contribution in [0.2, 0.25) is 0 Å². The second-order valence-electron chi connectivity index (χ2n) is 3.21. The van der Waals surface area contributed by atoms with Crippen LogP contribution in [0.3, 0.4) is 0 Å². The van der Waals surface area contributed by atoms with Crippen molar-refractivity contribution in [3.63, 3.8) is 0 Å². The minimum atomic E-state index is -3.11. The first kappa shape index (κ1) is 9.71. The smallest absolute Gasteiger partial charge is 0.160 e. The van der Waals surface area contributed by atoms with Gasteiger partial charge in [0.25, 0.3) is 0 Å². The average molecular weight is 190 g/mol. The molecular weight excluding hydrogens is 176 g/mol. The van der Waals surface area contributed by atoms with Crippen molar-refractivity contribution in [2.45, 2.75) is 37.9 Å². The zero-order chi connectivity index (χ0) is 9.19. The summed E-state index contributed by atoms with van der Waals surface area (Å²) in [5, 5.41) is -0.669. The van der Waals surface area contributed by atoms with Gasteiger partial charge in [0.05, 0.1) is 5.75 Å². The first-order valence-corrected chi connectivity index (χ1v) is 6.03. The van der Waals surface area contributed by atoms with Crippen LogP contribution in [0.25, 0.3) is 0 Å². The van der Waals surface area contributed by atoms with E-state index < -0.39 is 15.1 Å². The van der Waals surface area contributed by atoms with E-state index in [9.17, 15) is 13.2 Å². The molecule has 0 amide bonds. The SMILES string of the molecule is CCCS(=O)(=O)C1CCCC1=O. The molecule has 0 aromatic carbocycles. The van der Waals surface area contributed by atoms with Crippen LogP contribution in [-0.2, 0) is 14.6 Å². The normalized spacial score (nSPS) is 24.8. The Balaban J connectivity index is 2.74. The summed E-state index contributed by atoms with van der Waals surface area (Å²) in [7, 11) is -3.11. The van der Waals surface area contributed by atoms with Crippen molar-refractivity contribution in [2.75, 3.05) is 5.75 Å². The maximum atomic E-state index is 11.4. The van der Waals surface area contributed by atoms with Crippen LogP contribution in [0.15, 0.2) is 0 Å². The van der Waals surface area contributed by atoms with Gasteiger partial charge in [0.2, 0.25) is 0 Å². The molecule has 1 saturated carbocycles. The molecule has 0 spiro atoms. The van der Waals surface area contributed by atoms with Gasteiger partial charge in [0.15, 0.2) is 15.6 Å². The number of Topliss-reactive ketones (excluding diaryl/α,β-unsaturated/α-hetero) is 1. The lowest BCUT2D eigenvalue weighted by atomic mass is 10.3. The van der Waals surface area contributed by atoms with Crippen LogP contribution in [0, 0.1) is 0 Å². The van der Waals surface area contributed by atoms with Gasteiger partial charge >= 0.3 is 0 Å². The molecule has 1 aliphatic rings. The Kier molecular flexibility index (Phi) is 2.88. The fraction of sp³-hybridized carbons (Fsp3) is 0.875. The molecule has 0 bridgehead atoms. The number of hydrogen-bond acceptors (Lipinski definition) is 3. The van der Waals surface area contributed by atoms with E-state index in [4.69, 9.17) is 0 Å². The van der Waals surface area contributed by atoms with E-state index in [1.54, 1.807) is 0 Å². The van der Waals surface area contributed by atoms with Gasteiger partial charge < -0.3 is 0 Å². The second-order valence-corrected chi connectivity index (χ2v) is 5.52. The lowest BCUT2D eigenvalue weighted by molar-refractivity contribution is -0.117. The van der Waals surface area contributed by atoms with Gasteiger partial charge in [-0.25, -0.2) is 8.42 Å². The summed E-state index contributed by atoms with van der Waals surface area (Å²) >= 11 is 0. The number of ketones is 1. The van der Waals surface area contributed by atoms with Crippen LogP contribution in [0.4, 0.5) is 0 Å². The second kappa shape index (κ2) is 3.56. The summed E-state index contributed by atoms with van der Waals surface area (Å²) in [5.41, 5.74) is 0. The van der Waals surface area contributed by atoms with Crippen molar-refractivity contribution in [1.82, 2.24) is 0 Å². The van der Waals surface area contributed by atoms with Crippen molar-refractivity contribution in [3.05, 3.63) is 0 Å². The van der Waals surface area contributed by atoms with E-state index in [-0.39, 0.29) is 11.5 Å². The number of rotatable bonds is 3. The third-order valence-electron chi connectivity index (χ3n) is 2.17. The van der Waals surface area contributed by atoms with Crippen LogP contribution < -0.4 is 0 Å². The molecule has 70 valence electrons. The van der Waals surface area contributed by atoms with Crippen molar-refractivity contribution in [2.24, 2.45) is 0 Å². The Morgan fingerprint density at radius 1 is 1.50 bits per heavy atom. The summed E-state index contributed by atoms with van der Waals surface area (Å²) in [5.74, 6) is 0.0760. The molecule has 1 aliphatic carbocycles. The molecular formula is C8H14O3S. The highest BCUT2D eigenvalue weighted by Crippen LogP contribution is 2.22. The van der Waals surface area contributed by atoms with Gasteiger partial charge in [0.1, 0.15) is 5.25 Å². The zero-order valence-electron chi connectivity index (χ0n) is 7.25. The standard InChI is InChI=1S/C8H14O3S/c1-2-6-12(10,11)8-5-3-4-7(8)9/h8H,2-6H2,1H3. The summed E-state index contributed by atoms with van der Waals surface area (Å²) in [4.78, 5) is 11.1. The highest BCUT2D eigenvalue weighted by molar-refractivity contribution is 7.92. The highest BCUT2D eigenvalue weighted by Gasteiger charge is 2.34. The van der Waals surface area contributed by atoms with Gasteiger partial charge in [-0.3, -0.25) is 4.79 Å². The van der Waals surface area contributed by atoms with Gasteiger partial charge in [-0.15, -0.1) is 0 Å². The quantitative estimate of drug-likeness (QED) is 0.665. The molecule has 0 saturated heterocycles. The van der Waals surface area contributed by atoms with Crippen molar-refractivity contribution in [1.29, 1.82) is 0 Å². The molecule has 12 heavy (non-hydrogen) atoms. The first-order valence-electron chi connectivity index (χ1n) is 4.32. The zero-order valence-corrected chi connectivity index (χ0v) is 8.06. The molecule has 1 fully saturated rings. The topological polar surface area (TPSA) is 51.2 Å². The third kappa shape index (κ3) is 1.86. The first-order chi connectivity index (χ1) is 5.58. The Hall–Kier alpha value is -0.380. The molecule has 0 aromatic heterocycles. The molecule has 1 rings (SSSR count). The third-order valence-corrected chi connectivity index (χ3v) is 4.51. The van der Waals surface area contributed by atoms with Gasteiger partial charge in [-0.05, 0) is 19.3 Å². The van der Waals surface area contributed by atoms with E-state index in [1.807, 2.05) is 6.92 Å². The van der Waals surface area contributed by atoms with Crippen molar-refractivity contribution < 1.29 is 13.2 Å². The molecule has 3 nitrogen and oxygen atoms in total. The average Bonchev–Trinajstić information content (AvgIpc) is 2.35. The minimum Gasteiger partial charge on any atom is -0.298 e. The molecule has 1 atom stereocenters. The van der Waals surface area contributed by atoms with Crippen LogP contribution in [-0.4, -0.2) is 25.2 Å². The maximum absolute atomic E-state index is 11.4. The molecule has 0 N–H and O–H groups in total. The Morgan fingerprint density at radius 3 is 2.58 bits per heavy atom. The van der Waals surface area contributed by atoms with Gasteiger partial charge in [-0.1, -0.05) is 6.92 Å². The summed E-state index contributed by atoms with van der Waals surface area (Å²) < 4.78 is 22.8. The maximum Gasteiger partial charge on any atom is 0.160 e. The van der Waals surface area contributed by atoms with E-state index >= 15 is 0 Å². The predicted octanol–water partition coefficient (Wildman–Crippen LogP) is 0.933. The van der Waals surface area contributed by atoms with Crippen molar-refractivity contribution >= 4 is 15.6 Å². The van der Waals surface area contributed by atoms with E-state index in [0.717, 1.165) is 6.42 Å². The fourth-order valence-electron chi connectivity index (χ4n) is 1.59. The molecule has 0 heterocycles. The summed E-state index contributed by atoms with van der Waals surface area (Å²) in [6.45, 7) is 1.82. The number of sulfone groups is 1. The van der Waals surface area contributed by atoms with Gasteiger partial charge in [-0.2, -0.15) is 0 Å². The van der Waals surface area contributed by atoms with E-state index in [0.29, 0.717) is 19.3 Å². The Morgan fingerprint density at radius 2 is 2.17 bits per heavy atom. The monoisotopic (exact) mass is 190 g/mol. The van der Waals surface area contributed by atoms with E-state index in [1.165, 1.54) is 0 Å². The minimum absolute atomic E-state index is 0.0801. The van der Waals surface area contributed by atoms with E-state index in [2.05, 4.69) is 0 Å². The lowest BCUT2D eigenvalue weighted by Gasteiger charge is -2.07. The summed E-state index contributed by atoms with van der Waals surface area (Å²) in [6.07, 6.45) is 2.34. The Bertz CT molecular complexity index is 266. The number of carbonyl (C=O) groups is 1. The molecule has 0 radical (unpaired) electrons. The molecule has 1 unspecified atom stereocenters. The van der Waals surface area contributed by atoms with Gasteiger partial charge in [0, 0.05) is 6.42 Å². The molecule has 0 aromatic rings. The Labute approximate surface area is 73.1 Å². The highest BCUT2D eigenvalue weighted by atomic mass is 32.2. The number of carbonyl (C=O) groups excluding carboxylic acids is 1. The van der Waals surface area contributed by atoms with Crippen LogP contribution in [0.1, 0.15) is 32.6 Å². The molecule has 4 heteroatoms. The summed E-state index contributed by atoms with van der Waals surface area (Å²) in [6, 6.07) is 0. The number of hydrogen-bond donors (Lipinski definition) is 0. The largest absolute Gasteiger partial charge is 0.298 e. The molecule has 0 aliphatic heterocycles. The predicted molar refractivity (Wildman–Crippen MR) is 46.7 cm³/mol. The fourth-order valence-corrected chi connectivity index (χ4v) is 3.49.